The molecule has 6 nitrogen and oxygen atoms in total. The number of benzene rings is 1. The number of aliphatic hydroxyl groups excluding tert-OH is 1. The van der Waals surface area contributed by atoms with Gasteiger partial charge in [0.25, 0.3) is 5.78 Å². The summed E-state index contributed by atoms with van der Waals surface area (Å²) >= 11 is 0. The zero-order chi connectivity index (χ0) is 15.4. The van der Waals surface area contributed by atoms with Crippen molar-refractivity contribution in [3.8, 4) is 17.2 Å². The molecule has 0 spiro atoms. The number of phenolic OH excluding ortho intramolecular Hbond substituents is 2. The van der Waals surface area contributed by atoms with Crippen LogP contribution >= 0.6 is 0 Å². The summed E-state index contributed by atoms with van der Waals surface area (Å²) in [7, 11) is 0. The van der Waals surface area contributed by atoms with E-state index in [0.717, 1.165) is 24.5 Å². The number of allylic oxidation sites excluding steroid dienone is 4. The highest BCUT2D eigenvalue weighted by atomic mass is 16.5. The largest absolute Gasteiger partial charge is 0.508 e. The van der Waals surface area contributed by atoms with Crippen LogP contribution in [0.3, 0.4) is 0 Å². The normalized spacial score (nSPS) is 16.3. The highest BCUT2D eigenvalue weighted by Crippen LogP contribution is 2.35. The molecule has 21 heavy (non-hydrogen) atoms. The van der Waals surface area contributed by atoms with Crippen LogP contribution in [0.4, 0.5) is 0 Å². The van der Waals surface area contributed by atoms with Gasteiger partial charge in [0.05, 0.1) is 6.61 Å². The molecule has 1 heterocycles. The quantitative estimate of drug-likeness (QED) is 0.495. The molecular weight excluding hydrogens is 276 g/mol. The molecule has 1 aliphatic heterocycles. The number of fused-ring (bicyclic) bond motifs is 1. The van der Waals surface area contributed by atoms with Gasteiger partial charge < -0.3 is 20.1 Å². The second-order valence-electron chi connectivity index (χ2n) is 4.50. The van der Waals surface area contributed by atoms with Crippen LogP contribution in [0, 0.1) is 0 Å². The third kappa shape index (κ3) is 3.42. The van der Waals surface area contributed by atoms with Crippen molar-refractivity contribution in [2.75, 3.05) is 6.61 Å². The van der Waals surface area contributed by atoms with E-state index in [4.69, 9.17) is 14.9 Å². The third-order valence-corrected chi connectivity index (χ3v) is 2.96. The lowest BCUT2D eigenvalue weighted by Gasteiger charge is -2.17. The van der Waals surface area contributed by atoms with Gasteiger partial charge >= 0.3 is 0 Å². The van der Waals surface area contributed by atoms with Gasteiger partial charge in [0.15, 0.2) is 5.76 Å². The Labute approximate surface area is 120 Å². The van der Waals surface area contributed by atoms with Crippen LogP contribution in [-0.4, -0.2) is 33.5 Å². The molecule has 0 aromatic heterocycles. The predicted molar refractivity (Wildman–Crippen MR) is 73.5 cm³/mol. The first-order chi connectivity index (χ1) is 9.99. The number of carbonyl (C=O) groups excluding carboxylic acids is 2. The Balaban J connectivity index is 0.000000161. The lowest BCUT2D eigenvalue weighted by Crippen LogP contribution is -2.15. The molecule has 3 rings (SSSR count). The van der Waals surface area contributed by atoms with E-state index in [1.165, 1.54) is 24.3 Å². The molecule has 1 aliphatic carbocycles. The van der Waals surface area contributed by atoms with Gasteiger partial charge in [-0.25, -0.2) is 0 Å². The summed E-state index contributed by atoms with van der Waals surface area (Å²) in [6, 6.07) is 2.88. The van der Waals surface area contributed by atoms with Crippen LogP contribution in [0.15, 0.2) is 36.1 Å². The fourth-order valence-electron chi connectivity index (χ4n) is 1.93. The first kappa shape index (κ1) is 14.6. The zero-order valence-electron chi connectivity index (χ0n) is 11.1. The summed E-state index contributed by atoms with van der Waals surface area (Å²) in [5.74, 6) is -1.20. The first-order valence-electron chi connectivity index (χ1n) is 6.32. The standard InChI is InChI=1S/C9H10O3.C6H4O3/c10-6-4-8(11)7-2-1-3-12-9(7)5-6;7-4-2-1-3-5(8)6(4)9/h4-5,10-11H,1-3H2;1-3,7H. The van der Waals surface area contributed by atoms with Crippen LogP contribution < -0.4 is 4.74 Å². The highest BCUT2D eigenvalue weighted by Gasteiger charge is 2.17. The van der Waals surface area contributed by atoms with Gasteiger partial charge in [-0.3, -0.25) is 9.59 Å². The smallest absolute Gasteiger partial charge is 0.267 e. The molecule has 0 amide bonds. The van der Waals surface area contributed by atoms with E-state index in [1.54, 1.807) is 0 Å². The Hall–Kier alpha value is -2.76. The maximum Gasteiger partial charge on any atom is 0.267 e. The van der Waals surface area contributed by atoms with E-state index in [1.807, 2.05) is 0 Å². The Kier molecular flexibility index (Phi) is 4.27. The number of hydrogen-bond donors (Lipinski definition) is 3. The molecule has 0 unspecified atom stereocenters. The minimum absolute atomic E-state index is 0.0492. The van der Waals surface area contributed by atoms with Gasteiger partial charge in [-0.1, -0.05) is 6.08 Å². The molecule has 0 radical (unpaired) electrons. The Morgan fingerprint density at radius 3 is 2.52 bits per heavy atom. The van der Waals surface area contributed by atoms with Gasteiger partial charge in [-0.2, -0.15) is 0 Å². The van der Waals surface area contributed by atoms with Gasteiger partial charge in [0.2, 0.25) is 5.78 Å². The summed E-state index contributed by atoms with van der Waals surface area (Å²) in [5.41, 5.74) is 0.805. The number of aliphatic hydroxyl groups is 1. The van der Waals surface area contributed by atoms with E-state index in [-0.39, 0.29) is 11.5 Å². The van der Waals surface area contributed by atoms with Crippen molar-refractivity contribution in [3.05, 3.63) is 41.7 Å². The lowest BCUT2D eigenvalue weighted by atomic mass is 10.1. The van der Waals surface area contributed by atoms with Crippen LogP contribution in [0.1, 0.15) is 12.0 Å². The number of hydrogen-bond acceptors (Lipinski definition) is 6. The molecule has 0 fully saturated rings. The molecule has 0 saturated carbocycles. The van der Waals surface area contributed by atoms with Crippen molar-refractivity contribution in [1.29, 1.82) is 0 Å². The molecule has 0 saturated heterocycles. The van der Waals surface area contributed by atoms with E-state index < -0.39 is 17.3 Å². The van der Waals surface area contributed by atoms with Crippen molar-refractivity contribution in [2.45, 2.75) is 12.8 Å². The number of ether oxygens (including phenoxy) is 1. The van der Waals surface area contributed by atoms with Gasteiger partial charge in [0.1, 0.15) is 17.2 Å². The van der Waals surface area contributed by atoms with Crippen LogP contribution in [0.25, 0.3) is 0 Å². The molecule has 110 valence electrons. The topological polar surface area (TPSA) is 104 Å². The zero-order valence-corrected chi connectivity index (χ0v) is 11.1. The molecule has 3 N–H and O–H groups in total. The van der Waals surface area contributed by atoms with Crippen LogP contribution in [0.5, 0.6) is 17.2 Å². The number of carbonyl (C=O) groups is 2. The Morgan fingerprint density at radius 1 is 1.10 bits per heavy atom. The fourth-order valence-corrected chi connectivity index (χ4v) is 1.93. The minimum Gasteiger partial charge on any atom is -0.508 e. The second-order valence-corrected chi connectivity index (χ2v) is 4.50. The maximum absolute atomic E-state index is 10.4. The average Bonchev–Trinajstić information content (AvgIpc) is 2.45. The highest BCUT2D eigenvalue weighted by molar-refractivity contribution is 6.47. The number of phenols is 2. The lowest BCUT2D eigenvalue weighted by molar-refractivity contribution is -0.133. The average molecular weight is 290 g/mol. The summed E-state index contributed by atoms with van der Waals surface area (Å²) in [6.45, 7) is 0.663. The molecule has 2 aliphatic rings. The van der Waals surface area contributed by atoms with Gasteiger partial charge in [-0.15, -0.1) is 0 Å². The van der Waals surface area contributed by atoms with E-state index in [2.05, 4.69) is 0 Å². The fraction of sp³-hybridized carbons (Fsp3) is 0.200. The summed E-state index contributed by atoms with van der Waals surface area (Å²) in [4.78, 5) is 20.8. The van der Waals surface area contributed by atoms with Gasteiger partial charge in [0, 0.05) is 17.7 Å². The van der Waals surface area contributed by atoms with Crippen molar-refractivity contribution in [1.82, 2.24) is 0 Å². The molecular formula is C15H14O6. The summed E-state index contributed by atoms with van der Waals surface area (Å²) < 4.78 is 5.27. The number of ketones is 2. The number of rotatable bonds is 0. The van der Waals surface area contributed by atoms with Gasteiger partial charge in [-0.05, 0) is 25.0 Å². The van der Waals surface area contributed by atoms with Crippen molar-refractivity contribution < 1.29 is 29.6 Å². The maximum atomic E-state index is 10.4. The first-order valence-corrected chi connectivity index (χ1v) is 6.32. The molecule has 1 aromatic rings. The summed E-state index contributed by atoms with van der Waals surface area (Å²) in [5, 5.41) is 27.1. The number of aromatic hydroxyl groups is 2. The Morgan fingerprint density at radius 2 is 1.86 bits per heavy atom. The minimum atomic E-state index is -0.836. The van der Waals surface area contributed by atoms with E-state index in [9.17, 15) is 14.7 Å². The Bertz CT molecular complexity index is 642. The third-order valence-electron chi connectivity index (χ3n) is 2.96. The SMILES string of the molecule is O=C1C=CC=C(O)C1=O.Oc1cc(O)c2c(c1)OCCC2. The predicted octanol–water partition coefficient (Wildman–Crippen LogP) is 1.56. The molecule has 6 heteroatoms. The van der Waals surface area contributed by atoms with Crippen molar-refractivity contribution >= 4 is 11.6 Å². The van der Waals surface area contributed by atoms with E-state index in [0.29, 0.717) is 12.4 Å². The van der Waals surface area contributed by atoms with Crippen LogP contribution in [0.2, 0.25) is 0 Å². The van der Waals surface area contributed by atoms with Crippen molar-refractivity contribution in [3.63, 3.8) is 0 Å². The molecule has 0 atom stereocenters. The molecule has 0 bridgehead atoms. The van der Waals surface area contributed by atoms with E-state index >= 15 is 0 Å². The summed E-state index contributed by atoms with van der Waals surface area (Å²) in [6.07, 6.45) is 5.37. The monoisotopic (exact) mass is 290 g/mol. The molecule has 1 aromatic carbocycles. The van der Waals surface area contributed by atoms with Crippen LogP contribution in [-0.2, 0) is 16.0 Å². The second kappa shape index (κ2) is 6.13. The number of Topliss-reactive ketones (excluding diaryl/α,β-unsaturated/α-hetero) is 1. The van der Waals surface area contributed by atoms with Crippen molar-refractivity contribution in [2.24, 2.45) is 0 Å².